The number of nitrogens with zero attached hydrogens (tertiary/aromatic N) is 1. The number of aliphatic hydroxyl groups excluding tert-OH is 1. The summed E-state index contributed by atoms with van der Waals surface area (Å²) in [6.45, 7) is 7.84. The number of rotatable bonds is 12. The van der Waals surface area contributed by atoms with Gasteiger partial charge in [-0.05, 0) is 63.6 Å². The van der Waals surface area contributed by atoms with Crippen LogP contribution in [0.4, 0.5) is 13.6 Å². The second-order valence-electron chi connectivity index (χ2n) is 10.1. The number of ether oxygens (including phenoxy) is 1. The molecule has 2 amide bonds. The summed E-state index contributed by atoms with van der Waals surface area (Å²) in [4.78, 5) is 26.9. The summed E-state index contributed by atoms with van der Waals surface area (Å²) >= 11 is 0. The molecule has 2 aromatic carbocycles. The Kier molecular flexibility index (Phi) is 9.35. The third-order valence-corrected chi connectivity index (χ3v) is 7.23. The lowest BCUT2D eigenvalue weighted by atomic mass is 9.73. The van der Waals surface area contributed by atoms with E-state index >= 15 is 0 Å². The molecular formula is C29H38F2N2O5. The Labute approximate surface area is 222 Å². The zero-order valence-electron chi connectivity index (χ0n) is 22.5. The van der Waals surface area contributed by atoms with Crippen LogP contribution in [0.2, 0.25) is 0 Å². The third kappa shape index (κ3) is 6.62. The number of carboxylic acids is 1. The van der Waals surface area contributed by atoms with Gasteiger partial charge in [-0.1, -0.05) is 42.5 Å². The van der Waals surface area contributed by atoms with E-state index in [1.807, 2.05) is 57.2 Å². The third-order valence-electron chi connectivity index (χ3n) is 7.23. The highest BCUT2D eigenvalue weighted by molar-refractivity contribution is 5.88. The summed E-state index contributed by atoms with van der Waals surface area (Å²) < 4.78 is 33.2. The predicted molar refractivity (Wildman–Crippen MR) is 141 cm³/mol. The molecule has 9 heteroatoms. The van der Waals surface area contributed by atoms with E-state index in [1.54, 1.807) is 13.0 Å². The van der Waals surface area contributed by atoms with Gasteiger partial charge in [-0.15, -0.1) is 0 Å². The second kappa shape index (κ2) is 12.1. The number of aliphatic hydroxyl groups is 1. The highest BCUT2D eigenvalue weighted by atomic mass is 19.3. The molecule has 0 bridgehead atoms. The number of aliphatic carboxylic acids is 1. The molecule has 2 aromatic rings. The lowest BCUT2D eigenvalue weighted by Gasteiger charge is -2.45. The quantitative estimate of drug-likeness (QED) is 0.300. The first-order chi connectivity index (χ1) is 17.9. The van der Waals surface area contributed by atoms with Crippen LogP contribution in [0.15, 0.2) is 42.5 Å². The fourth-order valence-corrected chi connectivity index (χ4v) is 5.14. The molecule has 208 valence electrons. The molecule has 0 radical (unpaired) electrons. The topological polar surface area (TPSA) is 99.1 Å². The normalized spacial score (nSPS) is 17.1. The molecule has 7 nitrogen and oxygen atoms in total. The van der Waals surface area contributed by atoms with Crippen LogP contribution < -0.4 is 10.1 Å². The van der Waals surface area contributed by atoms with Gasteiger partial charge in [-0.3, -0.25) is 0 Å². The minimum atomic E-state index is -3.13. The molecule has 1 saturated carbocycles. The van der Waals surface area contributed by atoms with E-state index in [-0.39, 0.29) is 0 Å². The largest absolute Gasteiger partial charge is 0.493 e. The number of hydrogen-bond donors (Lipinski definition) is 3. The number of alkyl halides is 2. The first-order valence-electron chi connectivity index (χ1n) is 13.1. The van der Waals surface area contributed by atoms with Crippen molar-refractivity contribution in [3.8, 4) is 5.75 Å². The van der Waals surface area contributed by atoms with E-state index in [0.717, 1.165) is 24.0 Å². The van der Waals surface area contributed by atoms with Gasteiger partial charge in [0.2, 0.25) is 0 Å². The first kappa shape index (κ1) is 29.4. The van der Waals surface area contributed by atoms with Gasteiger partial charge in [0.15, 0.2) is 5.54 Å². The standard InChI is InChI=1S/C29H38F2N2O5/c1-5-38-25-19(2)23(14-15-24(25)21(4)34)20(3)33(16-10-9-13-22-11-7-6-8-12-22)27(37)32-28(26(35)36)17-29(30,31)18-28/h6-8,11-12,14-15,20-21,34H,5,9-10,13,16-18H2,1-4H3,(H,32,37)(H,35,36)/t20-,21?/m1/s1. The average molecular weight is 533 g/mol. The van der Waals surface area contributed by atoms with Crippen molar-refractivity contribution in [2.24, 2.45) is 0 Å². The zero-order chi connectivity index (χ0) is 28.1. The lowest BCUT2D eigenvalue weighted by molar-refractivity contribution is -0.175. The van der Waals surface area contributed by atoms with E-state index in [4.69, 9.17) is 4.74 Å². The van der Waals surface area contributed by atoms with E-state index in [0.29, 0.717) is 30.9 Å². The number of hydrogen-bond acceptors (Lipinski definition) is 4. The van der Waals surface area contributed by atoms with Gasteiger partial charge >= 0.3 is 12.0 Å². The van der Waals surface area contributed by atoms with Crippen LogP contribution in [0.1, 0.15) is 80.9 Å². The Morgan fingerprint density at radius 2 is 1.71 bits per heavy atom. The van der Waals surface area contributed by atoms with Crippen molar-refractivity contribution in [1.29, 1.82) is 0 Å². The van der Waals surface area contributed by atoms with E-state index < -0.39 is 48.4 Å². The van der Waals surface area contributed by atoms with E-state index in [9.17, 15) is 28.6 Å². The molecule has 0 aromatic heterocycles. The minimum absolute atomic E-state index is 0.299. The highest BCUT2D eigenvalue weighted by Crippen LogP contribution is 2.46. The molecule has 1 fully saturated rings. The van der Waals surface area contributed by atoms with Crippen molar-refractivity contribution in [1.82, 2.24) is 10.2 Å². The van der Waals surface area contributed by atoms with Gasteiger partial charge in [0, 0.05) is 24.9 Å². The Hall–Kier alpha value is -3.20. The van der Waals surface area contributed by atoms with E-state index in [2.05, 4.69) is 5.32 Å². The van der Waals surface area contributed by atoms with Gasteiger partial charge in [-0.25, -0.2) is 18.4 Å². The van der Waals surface area contributed by atoms with Crippen molar-refractivity contribution in [3.63, 3.8) is 0 Å². The van der Waals surface area contributed by atoms with Gasteiger partial charge < -0.3 is 25.2 Å². The van der Waals surface area contributed by atoms with Crippen molar-refractivity contribution >= 4 is 12.0 Å². The van der Waals surface area contributed by atoms with Crippen LogP contribution in [0, 0.1) is 6.92 Å². The lowest BCUT2D eigenvalue weighted by Crippen LogP contribution is -2.68. The Balaban J connectivity index is 1.86. The van der Waals surface area contributed by atoms with Crippen LogP contribution in [0.5, 0.6) is 5.75 Å². The number of carbonyl (C=O) groups excluding carboxylic acids is 1. The smallest absolute Gasteiger partial charge is 0.329 e. The number of carboxylic acid groups (broad SMARTS) is 1. The van der Waals surface area contributed by atoms with Gasteiger partial charge in [-0.2, -0.15) is 0 Å². The Bertz CT molecular complexity index is 1120. The van der Waals surface area contributed by atoms with Gasteiger partial charge in [0.05, 0.1) is 18.8 Å². The number of urea groups is 1. The summed E-state index contributed by atoms with van der Waals surface area (Å²) in [7, 11) is 0. The number of benzene rings is 2. The molecule has 3 N–H and O–H groups in total. The Morgan fingerprint density at radius 1 is 1.08 bits per heavy atom. The van der Waals surface area contributed by atoms with Crippen LogP contribution in [0.3, 0.4) is 0 Å². The number of amides is 2. The maximum atomic E-state index is 13.7. The van der Waals surface area contributed by atoms with Crippen molar-refractivity contribution in [2.45, 2.75) is 83.4 Å². The summed E-state index contributed by atoms with van der Waals surface area (Å²) in [6.07, 6.45) is -0.402. The van der Waals surface area contributed by atoms with E-state index in [1.165, 1.54) is 10.5 Å². The molecule has 0 aliphatic heterocycles. The SMILES string of the molecule is CCOc1c(C(C)O)ccc([C@@H](C)N(CCCCc2ccccc2)C(=O)NC2(C(=O)O)CC(F)(F)C2)c1C. The highest BCUT2D eigenvalue weighted by Gasteiger charge is 2.62. The number of halogens is 2. The van der Waals surface area contributed by atoms with Gasteiger partial charge in [0.25, 0.3) is 5.92 Å². The maximum Gasteiger partial charge on any atom is 0.329 e. The summed E-state index contributed by atoms with van der Waals surface area (Å²) in [6, 6.07) is 12.3. The van der Waals surface area contributed by atoms with Crippen LogP contribution in [-0.2, 0) is 11.2 Å². The summed E-state index contributed by atoms with van der Waals surface area (Å²) in [5.74, 6) is -4.06. The number of nitrogens with one attached hydrogen (secondary N) is 1. The zero-order valence-corrected chi connectivity index (χ0v) is 22.5. The molecule has 1 unspecified atom stereocenters. The van der Waals surface area contributed by atoms with Crippen molar-refractivity contribution in [2.75, 3.05) is 13.2 Å². The van der Waals surface area contributed by atoms with Crippen molar-refractivity contribution < 1.29 is 33.3 Å². The average Bonchev–Trinajstić information content (AvgIpc) is 2.84. The van der Waals surface area contributed by atoms with Crippen LogP contribution in [0.25, 0.3) is 0 Å². The molecular weight excluding hydrogens is 494 g/mol. The molecule has 0 saturated heterocycles. The molecule has 1 aliphatic rings. The predicted octanol–water partition coefficient (Wildman–Crippen LogP) is 5.80. The van der Waals surface area contributed by atoms with Gasteiger partial charge in [0.1, 0.15) is 5.75 Å². The molecule has 0 spiro atoms. The molecule has 3 rings (SSSR count). The summed E-state index contributed by atoms with van der Waals surface area (Å²) in [5.41, 5.74) is 1.32. The van der Waals surface area contributed by atoms with Crippen molar-refractivity contribution in [3.05, 3.63) is 64.7 Å². The molecule has 1 aliphatic carbocycles. The number of carbonyl (C=O) groups is 2. The molecule has 0 heterocycles. The minimum Gasteiger partial charge on any atom is -0.493 e. The molecule has 38 heavy (non-hydrogen) atoms. The second-order valence-corrected chi connectivity index (χ2v) is 10.1. The van der Waals surface area contributed by atoms with Crippen LogP contribution >= 0.6 is 0 Å². The first-order valence-corrected chi connectivity index (χ1v) is 13.1. The monoisotopic (exact) mass is 532 g/mol. The number of unbranched alkanes of at least 4 members (excludes halogenated alkanes) is 1. The fraction of sp³-hybridized carbons (Fsp3) is 0.517. The maximum absolute atomic E-state index is 13.7. The Morgan fingerprint density at radius 3 is 2.26 bits per heavy atom. The molecule has 2 atom stereocenters. The fourth-order valence-electron chi connectivity index (χ4n) is 5.14. The van der Waals surface area contributed by atoms with Crippen LogP contribution in [-0.4, -0.2) is 51.7 Å². The summed E-state index contributed by atoms with van der Waals surface area (Å²) in [5, 5.41) is 22.3. The number of aryl methyl sites for hydroxylation is 1.